The van der Waals surface area contributed by atoms with E-state index in [4.69, 9.17) is 4.74 Å². The van der Waals surface area contributed by atoms with Crippen molar-refractivity contribution in [3.8, 4) is 5.88 Å². The van der Waals surface area contributed by atoms with Crippen molar-refractivity contribution < 1.29 is 9.53 Å². The first-order valence-corrected chi connectivity index (χ1v) is 9.42. The first-order chi connectivity index (χ1) is 13.5. The lowest BCUT2D eigenvalue weighted by molar-refractivity contribution is -0.123. The number of nitrogens with zero attached hydrogens (tertiary/aromatic N) is 4. The molecule has 0 unspecified atom stereocenters. The van der Waals surface area contributed by atoms with Crippen molar-refractivity contribution in [1.29, 1.82) is 0 Å². The van der Waals surface area contributed by atoms with E-state index in [0.29, 0.717) is 12.4 Å². The lowest BCUT2D eigenvalue weighted by Crippen LogP contribution is -2.31. The quantitative estimate of drug-likeness (QED) is 0.607. The Labute approximate surface area is 165 Å². The van der Waals surface area contributed by atoms with Gasteiger partial charge in [-0.1, -0.05) is 18.2 Å². The molecule has 0 radical (unpaired) electrons. The van der Waals surface area contributed by atoms with Crippen LogP contribution in [-0.4, -0.2) is 47.4 Å². The molecule has 0 aliphatic carbocycles. The predicted octanol–water partition coefficient (Wildman–Crippen LogP) is 2.61. The molecule has 0 aliphatic heterocycles. The van der Waals surface area contributed by atoms with E-state index < -0.39 is 0 Å². The fourth-order valence-corrected chi connectivity index (χ4v) is 3.19. The molecule has 0 atom stereocenters. The lowest BCUT2D eigenvalue weighted by Gasteiger charge is -2.19. The van der Waals surface area contributed by atoms with E-state index in [-0.39, 0.29) is 12.5 Å². The van der Waals surface area contributed by atoms with Gasteiger partial charge >= 0.3 is 0 Å². The summed E-state index contributed by atoms with van der Waals surface area (Å²) >= 11 is 0. The number of carbonyl (C=O) groups excluding carboxylic acids is 1. The number of pyridine rings is 1. The number of hydrogen-bond acceptors (Lipinski definition) is 5. The normalized spacial score (nSPS) is 10.9. The molecule has 0 saturated heterocycles. The standard InChI is InChI=1S/C21H27N5O2/c1-15-13-16(2)23-20-19(15)21(24-26(20)4)28-14-18(27)22-11-8-12-25(3)17-9-6-5-7-10-17/h5-7,9-10,13H,8,11-12,14H2,1-4H3,(H,22,27). The van der Waals surface area contributed by atoms with Crippen LogP contribution in [0.2, 0.25) is 0 Å². The molecule has 0 saturated carbocycles. The number of carbonyl (C=O) groups is 1. The minimum atomic E-state index is -0.154. The summed E-state index contributed by atoms with van der Waals surface area (Å²) in [6, 6.07) is 12.2. The van der Waals surface area contributed by atoms with Gasteiger partial charge in [-0.3, -0.25) is 4.79 Å². The smallest absolute Gasteiger partial charge is 0.258 e. The monoisotopic (exact) mass is 381 g/mol. The van der Waals surface area contributed by atoms with Crippen molar-refractivity contribution in [1.82, 2.24) is 20.1 Å². The number of para-hydroxylation sites is 1. The molecule has 2 heterocycles. The van der Waals surface area contributed by atoms with Crippen LogP contribution in [0.25, 0.3) is 11.0 Å². The Hall–Kier alpha value is -3.09. The summed E-state index contributed by atoms with van der Waals surface area (Å²) in [7, 11) is 3.87. The molecule has 7 nitrogen and oxygen atoms in total. The molecule has 0 fully saturated rings. The minimum Gasteiger partial charge on any atom is -0.466 e. The van der Waals surface area contributed by atoms with E-state index in [2.05, 4.69) is 32.4 Å². The highest BCUT2D eigenvalue weighted by Crippen LogP contribution is 2.26. The van der Waals surface area contributed by atoms with Gasteiger partial charge in [0.05, 0.1) is 5.39 Å². The van der Waals surface area contributed by atoms with Gasteiger partial charge in [0.2, 0.25) is 5.88 Å². The van der Waals surface area contributed by atoms with Gasteiger partial charge in [-0.25, -0.2) is 9.67 Å². The number of hydrogen-bond donors (Lipinski definition) is 1. The second-order valence-electron chi connectivity index (χ2n) is 6.96. The Balaban J connectivity index is 1.47. The maximum Gasteiger partial charge on any atom is 0.258 e. The van der Waals surface area contributed by atoms with Crippen LogP contribution in [0.4, 0.5) is 5.69 Å². The molecule has 1 aromatic carbocycles. The second-order valence-corrected chi connectivity index (χ2v) is 6.96. The van der Waals surface area contributed by atoms with Crippen LogP contribution >= 0.6 is 0 Å². The fraction of sp³-hybridized carbons (Fsp3) is 0.381. The van der Waals surface area contributed by atoms with Crippen LogP contribution in [0.3, 0.4) is 0 Å². The van der Waals surface area contributed by atoms with Crippen molar-refractivity contribution in [2.24, 2.45) is 7.05 Å². The largest absolute Gasteiger partial charge is 0.466 e. The molecule has 0 aliphatic rings. The number of nitrogens with one attached hydrogen (secondary N) is 1. The summed E-state index contributed by atoms with van der Waals surface area (Å²) in [5.74, 6) is 0.292. The molecule has 28 heavy (non-hydrogen) atoms. The van der Waals surface area contributed by atoms with Crippen molar-refractivity contribution in [3.63, 3.8) is 0 Å². The van der Waals surface area contributed by atoms with Crippen LogP contribution in [0.15, 0.2) is 36.4 Å². The average molecular weight is 381 g/mol. The summed E-state index contributed by atoms with van der Waals surface area (Å²) in [5.41, 5.74) is 3.89. The van der Waals surface area contributed by atoms with Crippen LogP contribution in [0.1, 0.15) is 17.7 Å². The van der Waals surface area contributed by atoms with E-state index in [1.54, 1.807) is 4.68 Å². The number of benzene rings is 1. The number of fused-ring (bicyclic) bond motifs is 1. The Morgan fingerprint density at radius 3 is 2.75 bits per heavy atom. The molecule has 0 bridgehead atoms. The molecule has 1 N–H and O–H groups in total. The Morgan fingerprint density at radius 1 is 1.25 bits per heavy atom. The second kappa shape index (κ2) is 8.73. The van der Waals surface area contributed by atoms with E-state index in [1.807, 2.05) is 52.2 Å². The van der Waals surface area contributed by atoms with E-state index in [1.165, 1.54) is 5.69 Å². The molecule has 3 rings (SSSR count). The van der Waals surface area contributed by atoms with Crippen LogP contribution < -0.4 is 15.0 Å². The Bertz CT molecular complexity index is 952. The van der Waals surface area contributed by atoms with Crippen molar-refractivity contribution in [2.45, 2.75) is 20.3 Å². The van der Waals surface area contributed by atoms with Gasteiger partial charge in [0.1, 0.15) is 0 Å². The van der Waals surface area contributed by atoms with Gasteiger partial charge in [0.15, 0.2) is 12.3 Å². The summed E-state index contributed by atoms with van der Waals surface area (Å²) in [4.78, 5) is 18.8. The zero-order chi connectivity index (χ0) is 20.1. The highest BCUT2D eigenvalue weighted by molar-refractivity contribution is 5.85. The number of aromatic nitrogens is 3. The summed E-state index contributed by atoms with van der Waals surface area (Å²) in [6.07, 6.45) is 0.853. The van der Waals surface area contributed by atoms with Crippen molar-refractivity contribution >= 4 is 22.6 Å². The van der Waals surface area contributed by atoms with Gasteiger partial charge in [-0.05, 0) is 44.0 Å². The number of ether oxygens (including phenoxy) is 1. The van der Waals surface area contributed by atoms with Gasteiger partial charge in [0.25, 0.3) is 5.91 Å². The zero-order valence-electron chi connectivity index (χ0n) is 16.9. The minimum absolute atomic E-state index is 0.0616. The van der Waals surface area contributed by atoms with Gasteiger partial charge in [-0.15, -0.1) is 5.10 Å². The number of amides is 1. The van der Waals surface area contributed by atoms with Crippen molar-refractivity contribution in [3.05, 3.63) is 47.7 Å². The highest BCUT2D eigenvalue weighted by atomic mass is 16.5. The molecule has 2 aromatic heterocycles. The Kier molecular flexibility index (Phi) is 6.13. The Morgan fingerprint density at radius 2 is 2.00 bits per heavy atom. The van der Waals surface area contributed by atoms with E-state index >= 15 is 0 Å². The SMILES string of the molecule is Cc1cc(C)c2c(OCC(=O)NCCCN(C)c3ccccc3)nn(C)c2n1. The maximum atomic E-state index is 12.1. The van der Waals surface area contributed by atoms with Gasteiger partial charge in [-0.2, -0.15) is 0 Å². The lowest BCUT2D eigenvalue weighted by atomic mass is 10.2. The first kappa shape index (κ1) is 19.7. The molecular weight excluding hydrogens is 354 g/mol. The third-order valence-electron chi connectivity index (χ3n) is 4.62. The van der Waals surface area contributed by atoms with Crippen molar-refractivity contribution in [2.75, 3.05) is 31.6 Å². The number of anilines is 1. The fourth-order valence-electron chi connectivity index (χ4n) is 3.19. The summed E-state index contributed by atoms with van der Waals surface area (Å²) in [5, 5.41) is 8.11. The number of rotatable bonds is 8. The predicted molar refractivity (Wildman–Crippen MR) is 111 cm³/mol. The van der Waals surface area contributed by atoms with E-state index in [9.17, 15) is 4.79 Å². The highest BCUT2D eigenvalue weighted by Gasteiger charge is 2.15. The topological polar surface area (TPSA) is 72.3 Å². The van der Waals surface area contributed by atoms with Crippen LogP contribution in [0, 0.1) is 13.8 Å². The molecule has 0 spiro atoms. The molecule has 148 valence electrons. The maximum absolute atomic E-state index is 12.1. The average Bonchev–Trinajstić information content (AvgIpc) is 3.00. The zero-order valence-corrected chi connectivity index (χ0v) is 16.9. The first-order valence-electron chi connectivity index (χ1n) is 9.42. The summed E-state index contributed by atoms with van der Waals surface area (Å²) in [6.45, 7) is 5.34. The number of aryl methyl sites for hydroxylation is 3. The van der Waals surface area contributed by atoms with Crippen LogP contribution in [-0.2, 0) is 11.8 Å². The third kappa shape index (κ3) is 4.60. The molecule has 1 amide bonds. The van der Waals surface area contributed by atoms with E-state index in [0.717, 1.165) is 35.3 Å². The molecule has 3 aromatic rings. The summed E-state index contributed by atoms with van der Waals surface area (Å²) < 4.78 is 7.36. The van der Waals surface area contributed by atoms with Crippen LogP contribution in [0.5, 0.6) is 5.88 Å². The van der Waals surface area contributed by atoms with Gasteiger partial charge < -0.3 is 15.0 Å². The molecular formula is C21H27N5O2. The molecule has 7 heteroatoms. The van der Waals surface area contributed by atoms with Gasteiger partial charge in [0, 0.05) is 38.6 Å². The third-order valence-corrected chi connectivity index (χ3v) is 4.62.